The summed E-state index contributed by atoms with van der Waals surface area (Å²) in [4.78, 5) is 12.2. The van der Waals surface area contributed by atoms with E-state index in [1.54, 1.807) is 11.3 Å². The van der Waals surface area contributed by atoms with Gasteiger partial charge in [0.25, 0.3) is 0 Å². The number of nitrogens with one attached hydrogen (secondary N) is 1. The molecule has 2 aromatic heterocycles. The van der Waals surface area contributed by atoms with Crippen molar-refractivity contribution in [2.24, 2.45) is 0 Å². The number of nitrogen functional groups attached to an aromatic ring is 1. The number of nitrogens with two attached hydrogens (primary N) is 1. The van der Waals surface area contributed by atoms with Crippen molar-refractivity contribution in [2.75, 3.05) is 43.3 Å². The van der Waals surface area contributed by atoms with E-state index in [2.05, 4.69) is 27.3 Å². The lowest BCUT2D eigenvalue weighted by atomic mass is 10.1. The summed E-state index contributed by atoms with van der Waals surface area (Å²) in [7, 11) is 4.03. The van der Waals surface area contributed by atoms with E-state index < -0.39 is 0 Å². The third-order valence-corrected chi connectivity index (χ3v) is 6.81. The minimum Gasteiger partial charge on any atom is -0.486 e. The minimum atomic E-state index is 0.473. The van der Waals surface area contributed by atoms with Crippen LogP contribution in [0.4, 0.5) is 22.3 Å². The first-order valence-electron chi connectivity index (χ1n) is 9.73. The molecule has 0 aliphatic carbocycles. The molecule has 0 bridgehead atoms. The van der Waals surface area contributed by atoms with Crippen LogP contribution in [0.15, 0.2) is 47.8 Å². The van der Waals surface area contributed by atoms with Gasteiger partial charge in [0, 0.05) is 36.4 Å². The van der Waals surface area contributed by atoms with E-state index in [1.165, 1.54) is 11.3 Å². The van der Waals surface area contributed by atoms with Gasteiger partial charge < -0.3 is 25.4 Å². The van der Waals surface area contributed by atoms with Crippen LogP contribution in [0.3, 0.4) is 0 Å². The summed E-state index contributed by atoms with van der Waals surface area (Å²) in [6.07, 6.45) is 0. The molecule has 31 heavy (non-hydrogen) atoms. The Balaban J connectivity index is 1.37. The molecular formula is C22H21N5O2S2. The highest BCUT2D eigenvalue weighted by Crippen LogP contribution is 2.40. The van der Waals surface area contributed by atoms with Crippen molar-refractivity contribution < 1.29 is 9.47 Å². The number of hydrogen-bond acceptors (Lipinski definition) is 9. The van der Waals surface area contributed by atoms with E-state index in [9.17, 15) is 0 Å². The van der Waals surface area contributed by atoms with Gasteiger partial charge in [0.05, 0.1) is 5.69 Å². The molecule has 158 valence electrons. The molecule has 1 aliphatic rings. The number of nitrogens with zero attached hydrogens (tertiary/aromatic N) is 3. The molecule has 1 aliphatic heterocycles. The lowest BCUT2D eigenvalue weighted by Crippen LogP contribution is -2.15. The fraction of sp³-hybridized carbons (Fsp3) is 0.182. The molecule has 3 N–H and O–H groups in total. The summed E-state index contributed by atoms with van der Waals surface area (Å²) in [5.74, 6) is 1.99. The van der Waals surface area contributed by atoms with Gasteiger partial charge in [0.2, 0.25) is 0 Å². The number of benzene rings is 2. The van der Waals surface area contributed by atoms with E-state index in [4.69, 9.17) is 20.2 Å². The Labute approximate surface area is 188 Å². The van der Waals surface area contributed by atoms with Crippen LogP contribution in [0.25, 0.3) is 21.1 Å². The highest BCUT2D eigenvalue weighted by Gasteiger charge is 2.17. The van der Waals surface area contributed by atoms with Crippen LogP contribution >= 0.6 is 22.7 Å². The summed E-state index contributed by atoms with van der Waals surface area (Å²) in [6.45, 7) is 1.14. The lowest BCUT2D eigenvalue weighted by Gasteiger charge is -2.18. The molecule has 0 radical (unpaired) electrons. The first-order chi connectivity index (χ1) is 15.1. The van der Waals surface area contributed by atoms with Gasteiger partial charge in [-0.1, -0.05) is 11.3 Å². The van der Waals surface area contributed by atoms with E-state index in [-0.39, 0.29) is 0 Å². The molecule has 2 aromatic carbocycles. The predicted molar refractivity (Wildman–Crippen MR) is 128 cm³/mol. The average Bonchev–Trinajstić information content (AvgIpc) is 3.40. The molecule has 4 aromatic rings. The van der Waals surface area contributed by atoms with Crippen molar-refractivity contribution in [1.29, 1.82) is 0 Å². The average molecular weight is 452 g/mol. The van der Waals surface area contributed by atoms with Gasteiger partial charge in [-0.15, -0.1) is 11.3 Å². The number of ether oxygens (including phenoxy) is 2. The first kappa shape index (κ1) is 19.7. The van der Waals surface area contributed by atoms with Crippen LogP contribution in [0.1, 0.15) is 0 Å². The number of aromatic nitrogens is 2. The van der Waals surface area contributed by atoms with Crippen LogP contribution in [-0.4, -0.2) is 37.3 Å². The summed E-state index contributed by atoms with van der Waals surface area (Å²) in [5, 5.41) is 6.93. The van der Waals surface area contributed by atoms with Crippen molar-refractivity contribution in [1.82, 2.24) is 9.97 Å². The van der Waals surface area contributed by atoms with Gasteiger partial charge in [0.15, 0.2) is 16.6 Å². The third kappa shape index (κ3) is 4.01. The second-order valence-corrected chi connectivity index (χ2v) is 9.05. The summed E-state index contributed by atoms with van der Waals surface area (Å²) in [5.41, 5.74) is 10.2. The third-order valence-electron chi connectivity index (χ3n) is 4.82. The van der Waals surface area contributed by atoms with Gasteiger partial charge >= 0.3 is 0 Å². The smallest absolute Gasteiger partial charge is 0.189 e. The van der Waals surface area contributed by atoms with Gasteiger partial charge in [-0.05, 0) is 42.5 Å². The summed E-state index contributed by atoms with van der Waals surface area (Å²) in [6, 6.07) is 14.0. The maximum absolute atomic E-state index is 6.21. The Morgan fingerprint density at radius 2 is 1.77 bits per heavy atom. The molecule has 0 fully saturated rings. The standard InChI is InChI=1S/C22H21N5O2S2/c1-27(2)15-6-4-14(5-7-15)24-22-26-20(23)19(31-22)21-25-16(12-30-21)13-3-8-17-18(11-13)29-10-9-28-17/h3-8,11-12H,9-10,23H2,1-2H3,(H,24,26). The van der Waals surface area contributed by atoms with Crippen LogP contribution < -0.4 is 25.4 Å². The van der Waals surface area contributed by atoms with Crippen molar-refractivity contribution in [3.05, 3.63) is 47.8 Å². The Morgan fingerprint density at radius 1 is 1.00 bits per heavy atom. The second-order valence-electron chi connectivity index (χ2n) is 7.20. The summed E-state index contributed by atoms with van der Waals surface area (Å²) < 4.78 is 11.3. The maximum Gasteiger partial charge on any atom is 0.189 e. The maximum atomic E-state index is 6.21. The van der Waals surface area contributed by atoms with E-state index in [1.807, 2.05) is 49.8 Å². The molecule has 0 unspecified atom stereocenters. The van der Waals surface area contributed by atoms with Crippen molar-refractivity contribution in [3.8, 4) is 32.6 Å². The Bertz CT molecular complexity index is 1220. The molecule has 5 rings (SSSR count). The molecule has 0 spiro atoms. The largest absolute Gasteiger partial charge is 0.486 e. The van der Waals surface area contributed by atoms with E-state index in [0.29, 0.717) is 19.0 Å². The fourth-order valence-corrected chi connectivity index (χ4v) is 5.05. The second kappa shape index (κ2) is 8.09. The molecule has 0 saturated heterocycles. The lowest BCUT2D eigenvalue weighted by molar-refractivity contribution is 0.171. The zero-order valence-corrected chi connectivity index (χ0v) is 18.7. The molecule has 0 amide bonds. The van der Waals surface area contributed by atoms with Gasteiger partial charge in [-0.2, -0.15) is 0 Å². The molecule has 7 nitrogen and oxygen atoms in total. The predicted octanol–water partition coefficient (Wildman–Crippen LogP) is 5.10. The van der Waals surface area contributed by atoms with Crippen LogP contribution in [-0.2, 0) is 0 Å². The van der Waals surface area contributed by atoms with E-state index >= 15 is 0 Å². The highest BCUT2D eigenvalue weighted by molar-refractivity contribution is 7.23. The molecule has 0 atom stereocenters. The number of thiazole rings is 2. The molecule has 3 heterocycles. The Kier molecular flexibility index (Phi) is 5.13. The SMILES string of the molecule is CN(C)c1ccc(Nc2nc(N)c(-c3nc(-c4ccc5c(c4)OCCO5)cs3)s2)cc1. The number of hydrogen-bond donors (Lipinski definition) is 2. The fourth-order valence-electron chi connectivity index (χ4n) is 3.22. The van der Waals surface area contributed by atoms with Crippen molar-refractivity contribution in [3.63, 3.8) is 0 Å². The highest BCUT2D eigenvalue weighted by atomic mass is 32.1. The first-order valence-corrected chi connectivity index (χ1v) is 11.4. The molecule has 0 saturated carbocycles. The quantitative estimate of drug-likeness (QED) is 0.437. The van der Waals surface area contributed by atoms with Crippen LogP contribution in [0.2, 0.25) is 0 Å². The monoisotopic (exact) mass is 451 g/mol. The normalized spacial score (nSPS) is 12.6. The van der Waals surface area contributed by atoms with Gasteiger partial charge in [-0.3, -0.25) is 0 Å². The van der Waals surface area contributed by atoms with Crippen molar-refractivity contribution >= 4 is 45.0 Å². The van der Waals surface area contributed by atoms with Gasteiger partial charge in [0.1, 0.15) is 28.9 Å². The van der Waals surface area contributed by atoms with Gasteiger partial charge in [-0.25, -0.2) is 9.97 Å². The van der Waals surface area contributed by atoms with E-state index in [0.717, 1.165) is 49.1 Å². The Hall–Kier alpha value is -3.30. The summed E-state index contributed by atoms with van der Waals surface area (Å²) >= 11 is 3.04. The van der Waals surface area contributed by atoms with Crippen LogP contribution in [0.5, 0.6) is 11.5 Å². The van der Waals surface area contributed by atoms with Crippen molar-refractivity contribution in [2.45, 2.75) is 0 Å². The zero-order valence-electron chi connectivity index (χ0n) is 17.1. The zero-order chi connectivity index (χ0) is 21.4. The number of rotatable bonds is 5. The topological polar surface area (TPSA) is 85.5 Å². The molecule has 9 heteroatoms. The minimum absolute atomic E-state index is 0.473. The number of fused-ring (bicyclic) bond motifs is 1. The number of anilines is 4. The molecular weight excluding hydrogens is 430 g/mol. The van der Waals surface area contributed by atoms with Crippen LogP contribution in [0, 0.1) is 0 Å². The Morgan fingerprint density at radius 3 is 2.55 bits per heavy atom.